The van der Waals surface area contributed by atoms with Crippen molar-refractivity contribution in [2.45, 2.75) is 32.1 Å². The molecule has 1 aromatic rings. The van der Waals surface area contributed by atoms with Crippen LogP contribution in [0, 0.1) is 0 Å². The number of halogens is 2. The minimum Gasteiger partial charge on any atom is -0.496 e. The van der Waals surface area contributed by atoms with Crippen LogP contribution < -0.4 is 4.74 Å². The summed E-state index contributed by atoms with van der Waals surface area (Å²) < 4.78 is 31.3. The zero-order chi connectivity index (χ0) is 13.9. The summed E-state index contributed by atoms with van der Waals surface area (Å²) in [6, 6.07) is 4.86. The van der Waals surface area contributed by atoms with Crippen molar-refractivity contribution in [3.05, 3.63) is 29.3 Å². The number of carboxylic acid groups (broad SMARTS) is 1. The van der Waals surface area contributed by atoms with Gasteiger partial charge in [-0.2, -0.15) is 8.78 Å². The van der Waals surface area contributed by atoms with Gasteiger partial charge in [0.05, 0.1) is 13.5 Å². The quantitative estimate of drug-likeness (QED) is 0.882. The van der Waals surface area contributed by atoms with E-state index < -0.39 is 18.3 Å². The number of benzene rings is 1. The number of carbonyl (C=O) groups is 1. The maximum atomic E-state index is 13.2. The molecule has 0 amide bonds. The molecule has 0 aromatic heterocycles. The zero-order valence-corrected chi connectivity index (χ0v) is 10.5. The molecule has 18 heavy (non-hydrogen) atoms. The van der Waals surface area contributed by atoms with Crippen LogP contribution in [0.5, 0.6) is 5.75 Å². The first-order valence-corrected chi connectivity index (χ1v) is 5.56. The van der Waals surface area contributed by atoms with Crippen LogP contribution in [0.4, 0.5) is 8.78 Å². The summed E-state index contributed by atoms with van der Waals surface area (Å²) in [6.07, 6.45) is -0.871. The number of alkyl halides is 2. The van der Waals surface area contributed by atoms with Crippen LogP contribution >= 0.6 is 0 Å². The maximum absolute atomic E-state index is 13.2. The lowest BCUT2D eigenvalue weighted by Crippen LogP contribution is -2.30. The van der Waals surface area contributed by atoms with Gasteiger partial charge in [-0.05, 0) is 17.5 Å². The van der Waals surface area contributed by atoms with E-state index in [0.29, 0.717) is 5.75 Å². The number of hydrogen-bond donors (Lipinski definition) is 1. The molecule has 0 saturated carbocycles. The first kappa shape index (κ1) is 14.4. The number of carboxylic acids is 1. The fourth-order valence-corrected chi connectivity index (χ4v) is 1.58. The Balaban J connectivity index is 3.07. The third-order valence-electron chi connectivity index (χ3n) is 2.70. The zero-order valence-electron chi connectivity index (χ0n) is 10.5. The second kappa shape index (κ2) is 5.33. The molecule has 0 saturated heterocycles. The highest BCUT2D eigenvalue weighted by molar-refractivity contribution is 5.75. The van der Waals surface area contributed by atoms with Crippen molar-refractivity contribution in [2.75, 3.05) is 7.11 Å². The van der Waals surface area contributed by atoms with Gasteiger partial charge in [-0.15, -0.1) is 0 Å². The first-order chi connectivity index (χ1) is 8.27. The monoisotopic (exact) mass is 258 g/mol. The molecule has 1 N–H and O–H groups in total. The SMILES string of the molecule is COc1cc(C(C)C)ccc1CC(F)(F)C(=O)O. The lowest BCUT2D eigenvalue weighted by molar-refractivity contribution is -0.164. The van der Waals surface area contributed by atoms with Gasteiger partial charge in [0.1, 0.15) is 5.75 Å². The van der Waals surface area contributed by atoms with E-state index in [0.717, 1.165) is 5.56 Å². The summed E-state index contributed by atoms with van der Waals surface area (Å²) in [5.74, 6) is -5.38. The number of ether oxygens (including phenoxy) is 1. The Bertz CT molecular complexity index is 442. The third kappa shape index (κ3) is 3.18. The largest absolute Gasteiger partial charge is 0.496 e. The molecule has 0 unspecified atom stereocenters. The second-order valence-electron chi connectivity index (χ2n) is 4.41. The average Bonchev–Trinajstić information content (AvgIpc) is 2.28. The van der Waals surface area contributed by atoms with Crippen molar-refractivity contribution in [1.82, 2.24) is 0 Å². The Morgan fingerprint density at radius 2 is 2.06 bits per heavy atom. The van der Waals surface area contributed by atoms with Crippen molar-refractivity contribution in [3.63, 3.8) is 0 Å². The Morgan fingerprint density at radius 1 is 1.44 bits per heavy atom. The molecule has 0 radical (unpaired) electrons. The molecule has 0 spiro atoms. The number of rotatable bonds is 5. The predicted molar refractivity (Wildman–Crippen MR) is 63.4 cm³/mol. The summed E-state index contributed by atoms with van der Waals surface area (Å²) in [6.45, 7) is 3.95. The van der Waals surface area contributed by atoms with Gasteiger partial charge in [0, 0.05) is 5.56 Å². The molecular weight excluding hydrogens is 242 g/mol. The summed E-state index contributed by atoms with van der Waals surface area (Å²) in [5, 5.41) is 8.42. The second-order valence-corrected chi connectivity index (χ2v) is 4.41. The van der Waals surface area contributed by atoms with Crippen LogP contribution in [0.2, 0.25) is 0 Å². The Hall–Kier alpha value is -1.65. The lowest BCUT2D eigenvalue weighted by Gasteiger charge is -2.15. The highest BCUT2D eigenvalue weighted by Gasteiger charge is 2.39. The molecule has 1 rings (SSSR count). The molecule has 0 aliphatic carbocycles. The summed E-state index contributed by atoms with van der Waals surface area (Å²) >= 11 is 0. The minimum atomic E-state index is -3.79. The van der Waals surface area contributed by atoms with Crippen LogP contribution in [-0.4, -0.2) is 24.1 Å². The van der Waals surface area contributed by atoms with E-state index in [-0.39, 0.29) is 11.5 Å². The van der Waals surface area contributed by atoms with Crippen LogP contribution in [0.3, 0.4) is 0 Å². The smallest absolute Gasteiger partial charge is 0.374 e. The third-order valence-corrected chi connectivity index (χ3v) is 2.70. The molecular formula is C13H16F2O3. The normalized spacial score (nSPS) is 11.7. The van der Waals surface area contributed by atoms with Crippen LogP contribution in [0.25, 0.3) is 0 Å². The van der Waals surface area contributed by atoms with E-state index in [9.17, 15) is 13.6 Å². The van der Waals surface area contributed by atoms with E-state index in [1.807, 2.05) is 13.8 Å². The molecule has 100 valence electrons. The Labute approximate surface area is 104 Å². The van der Waals surface area contributed by atoms with Gasteiger partial charge in [0.2, 0.25) is 0 Å². The van der Waals surface area contributed by atoms with E-state index in [1.165, 1.54) is 13.2 Å². The first-order valence-electron chi connectivity index (χ1n) is 5.56. The van der Waals surface area contributed by atoms with E-state index >= 15 is 0 Å². The topological polar surface area (TPSA) is 46.5 Å². The highest BCUT2D eigenvalue weighted by Crippen LogP contribution is 2.29. The van der Waals surface area contributed by atoms with Crippen LogP contribution in [-0.2, 0) is 11.2 Å². The van der Waals surface area contributed by atoms with Gasteiger partial charge >= 0.3 is 11.9 Å². The van der Waals surface area contributed by atoms with Crippen molar-refractivity contribution < 1.29 is 23.4 Å². The molecule has 1 aromatic carbocycles. The standard InChI is InChI=1S/C13H16F2O3/c1-8(2)9-4-5-10(11(6-9)18-3)7-13(14,15)12(16)17/h4-6,8H,7H2,1-3H3,(H,16,17). The van der Waals surface area contributed by atoms with E-state index in [1.54, 1.807) is 12.1 Å². The fourth-order valence-electron chi connectivity index (χ4n) is 1.58. The van der Waals surface area contributed by atoms with Gasteiger partial charge in [-0.25, -0.2) is 4.79 Å². The van der Waals surface area contributed by atoms with Gasteiger partial charge < -0.3 is 9.84 Å². The molecule has 0 atom stereocenters. The fraction of sp³-hybridized carbons (Fsp3) is 0.462. The van der Waals surface area contributed by atoms with E-state index in [4.69, 9.17) is 9.84 Å². The summed E-state index contributed by atoms with van der Waals surface area (Å²) in [5.41, 5.74) is 1.14. The lowest BCUT2D eigenvalue weighted by atomic mass is 9.98. The van der Waals surface area contributed by atoms with Crippen molar-refractivity contribution >= 4 is 5.97 Å². The van der Waals surface area contributed by atoms with Crippen molar-refractivity contribution in [2.24, 2.45) is 0 Å². The maximum Gasteiger partial charge on any atom is 0.374 e. The molecule has 0 aliphatic heterocycles. The summed E-state index contributed by atoms with van der Waals surface area (Å²) in [7, 11) is 1.38. The summed E-state index contributed by atoms with van der Waals surface area (Å²) in [4.78, 5) is 10.4. The van der Waals surface area contributed by atoms with Crippen molar-refractivity contribution in [1.29, 1.82) is 0 Å². The number of aliphatic carboxylic acids is 1. The van der Waals surface area contributed by atoms with Crippen LogP contribution in [0.15, 0.2) is 18.2 Å². The van der Waals surface area contributed by atoms with Crippen LogP contribution in [0.1, 0.15) is 30.9 Å². The number of hydrogen-bond acceptors (Lipinski definition) is 2. The molecule has 0 aliphatic rings. The molecule has 0 bridgehead atoms. The molecule has 5 heteroatoms. The van der Waals surface area contributed by atoms with Crippen molar-refractivity contribution in [3.8, 4) is 5.75 Å². The van der Waals surface area contributed by atoms with Gasteiger partial charge in [-0.3, -0.25) is 0 Å². The van der Waals surface area contributed by atoms with Gasteiger partial charge in [0.15, 0.2) is 0 Å². The van der Waals surface area contributed by atoms with Gasteiger partial charge in [0.25, 0.3) is 0 Å². The average molecular weight is 258 g/mol. The van der Waals surface area contributed by atoms with E-state index in [2.05, 4.69) is 0 Å². The van der Waals surface area contributed by atoms with Gasteiger partial charge in [-0.1, -0.05) is 26.0 Å². The number of methoxy groups -OCH3 is 1. The predicted octanol–water partition coefficient (Wildman–Crippen LogP) is 3.08. The molecule has 0 fully saturated rings. The minimum absolute atomic E-state index is 0.189. The Kier molecular flexibility index (Phi) is 4.27. The molecule has 0 heterocycles. The highest BCUT2D eigenvalue weighted by atomic mass is 19.3. The molecule has 3 nitrogen and oxygen atoms in total. The Morgan fingerprint density at radius 3 is 2.50 bits per heavy atom.